The average molecular weight is 368 g/mol. The lowest BCUT2D eigenvalue weighted by Gasteiger charge is -2.28. The third-order valence-corrected chi connectivity index (χ3v) is 5.13. The van der Waals surface area contributed by atoms with Crippen LogP contribution in [0.15, 0.2) is 54.6 Å². The minimum Gasteiger partial charge on any atom is -0.350 e. The number of hydrogen-bond acceptors (Lipinski definition) is 2. The predicted molar refractivity (Wildman–Crippen MR) is 102 cm³/mol. The first kappa shape index (κ1) is 19.1. The highest BCUT2D eigenvalue weighted by Crippen LogP contribution is 2.27. The highest BCUT2D eigenvalue weighted by Gasteiger charge is 2.36. The Labute approximate surface area is 159 Å². The quantitative estimate of drug-likeness (QED) is 0.847. The number of benzene rings is 2. The summed E-state index contributed by atoms with van der Waals surface area (Å²) >= 11 is 0. The van der Waals surface area contributed by atoms with Gasteiger partial charge in [-0.2, -0.15) is 0 Å². The SMILES string of the molecule is CCC(C(=O)N1CCC[C@@H]1C(=O)NCc1ccccc1)c1ccc(F)cc1. The summed E-state index contributed by atoms with van der Waals surface area (Å²) < 4.78 is 13.2. The van der Waals surface area contributed by atoms with Gasteiger partial charge in [0.2, 0.25) is 11.8 Å². The lowest BCUT2D eigenvalue weighted by Crippen LogP contribution is -2.47. The van der Waals surface area contributed by atoms with Gasteiger partial charge in [0.1, 0.15) is 11.9 Å². The number of nitrogens with one attached hydrogen (secondary N) is 1. The number of hydrogen-bond donors (Lipinski definition) is 1. The van der Waals surface area contributed by atoms with Crippen LogP contribution in [0.4, 0.5) is 4.39 Å². The maximum Gasteiger partial charge on any atom is 0.243 e. The maximum absolute atomic E-state index is 13.2. The molecule has 3 rings (SSSR count). The first-order valence-electron chi connectivity index (χ1n) is 9.47. The molecule has 1 aliphatic heterocycles. The summed E-state index contributed by atoms with van der Waals surface area (Å²) in [5.74, 6) is -0.839. The van der Waals surface area contributed by atoms with Crippen molar-refractivity contribution in [2.45, 2.75) is 44.7 Å². The molecule has 1 fully saturated rings. The molecule has 0 spiro atoms. The molecule has 0 radical (unpaired) electrons. The van der Waals surface area contributed by atoms with Crippen LogP contribution in [0.25, 0.3) is 0 Å². The van der Waals surface area contributed by atoms with Gasteiger partial charge in [0.15, 0.2) is 0 Å². The monoisotopic (exact) mass is 368 g/mol. The van der Waals surface area contributed by atoms with E-state index in [9.17, 15) is 14.0 Å². The van der Waals surface area contributed by atoms with Crippen LogP contribution >= 0.6 is 0 Å². The van der Waals surface area contributed by atoms with Gasteiger partial charge < -0.3 is 10.2 Å². The first-order chi connectivity index (χ1) is 13.1. The molecular formula is C22H25FN2O2. The zero-order valence-corrected chi connectivity index (χ0v) is 15.5. The number of halogens is 1. The largest absolute Gasteiger partial charge is 0.350 e. The van der Waals surface area contributed by atoms with Crippen molar-refractivity contribution in [3.8, 4) is 0 Å². The molecule has 2 aromatic rings. The Morgan fingerprint density at radius 3 is 2.52 bits per heavy atom. The van der Waals surface area contributed by atoms with Crippen LogP contribution in [-0.2, 0) is 16.1 Å². The number of carbonyl (C=O) groups is 2. The van der Waals surface area contributed by atoms with Crippen molar-refractivity contribution in [1.29, 1.82) is 0 Å². The summed E-state index contributed by atoms with van der Waals surface area (Å²) in [6.07, 6.45) is 2.10. The van der Waals surface area contributed by atoms with E-state index in [4.69, 9.17) is 0 Å². The van der Waals surface area contributed by atoms with Crippen LogP contribution in [0, 0.1) is 5.82 Å². The fourth-order valence-corrected chi connectivity index (χ4v) is 3.65. The molecule has 27 heavy (non-hydrogen) atoms. The van der Waals surface area contributed by atoms with E-state index in [1.54, 1.807) is 17.0 Å². The summed E-state index contributed by atoms with van der Waals surface area (Å²) in [4.78, 5) is 27.5. The molecule has 1 saturated heterocycles. The van der Waals surface area contributed by atoms with E-state index >= 15 is 0 Å². The smallest absolute Gasteiger partial charge is 0.243 e. The fraction of sp³-hybridized carbons (Fsp3) is 0.364. The van der Waals surface area contributed by atoms with Gasteiger partial charge >= 0.3 is 0 Å². The second-order valence-electron chi connectivity index (χ2n) is 6.91. The summed E-state index contributed by atoms with van der Waals surface area (Å²) in [5.41, 5.74) is 1.82. The highest BCUT2D eigenvalue weighted by molar-refractivity contribution is 5.91. The molecule has 2 amide bonds. The number of amides is 2. The molecule has 1 N–H and O–H groups in total. The van der Waals surface area contributed by atoms with Crippen molar-refractivity contribution in [2.75, 3.05) is 6.54 Å². The number of likely N-dealkylation sites (tertiary alicyclic amines) is 1. The Kier molecular flexibility index (Phi) is 6.22. The molecule has 2 aromatic carbocycles. The average Bonchev–Trinajstić information content (AvgIpc) is 3.19. The van der Waals surface area contributed by atoms with E-state index < -0.39 is 6.04 Å². The zero-order chi connectivity index (χ0) is 19.2. The molecule has 0 bridgehead atoms. The van der Waals surface area contributed by atoms with Crippen molar-refractivity contribution in [3.63, 3.8) is 0 Å². The van der Waals surface area contributed by atoms with Crippen molar-refractivity contribution >= 4 is 11.8 Å². The zero-order valence-electron chi connectivity index (χ0n) is 15.5. The number of rotatable bonds is 6. The summed E-state index contributed by atoms with van der Waals surface area (Å²) in [6.45, 7) is 2.97. The Hall–Kier alpha value is -2.69. The molecule has 1 heterocycles. The van der Waals surface area contributed by atoms with Crippen LogP contribution < -0.4 is 5.32 Å². The Bertz CT molecular complexity index is 777. The molecule has 0 aliphatic carbocycles. The van der Waals surface area contributed by atoms with Gasteiger partial charge in [0.25, 0.3) is 0 Å². The van der Waals surface area contributed by atoms with Crippen LogP contribution in [0.1, 0.15) is 43.2 Å². The van der Waals surface area contributed by atoms with E-state index in [1.807, 2.05) is 37.3 Å². The van der Waals surface area contributed by atoms with Gasteiger partial charge in [-0.25, -0.2) is 4.39 Å². The lowest BCUT2D eigenvalue weighted by molar-refractivity contribution is -0.139. The van der Waals surface area contributed by atoms with E-state index in [1.165, 1.54) is 12.1 Å². The van der Waals surface area contributed by atoms with Crippen molar-refractivity contribution in [3.05, 3.63) is 71.5 Å². The van der Waals surface area contributed by atoms with Gasteiger partial charge in [-0.05, 0) is 42.5 Å². The minimum atomic E-state index is -0.435. The normalized spacial score (nSPS) is 17.6. The standard InChI is InChI=1S/C22H25FN2O2/c1-2-19(17-10-12-18(23)13-11-17)22(27)25-14-6-9-20(25)21(26)24-15-16-7-4-3-5-8-16/h3-5,7-8,10-13,19-20H,2,6,9,14-15H2,1H3,(H,24,26)/t19?,20-/m1/s1. The summed E-state index contributed by atoms with van der Waals surface area (Å²) in [5, 5.41) is 2.95. The Balaban J connectivity index is 1.67. The number of nitrogens with zero attached hydrogens (tertiary/aromatic N) is 1. The predicted octanol–water partition coefficient (Wildman–Crippen LogP) is 3.63. The highest BCUT2D eigenvalue weighted by atomic mass is 19.1. The van der Waals surface area contributed by atoms with Crippen LogP contribution in [-0.4, -0.2) is 29.3 Å². The molecule has 4 nitrogen and oxygen atoms in total. The lowest BCUT2D eigenvalue weighted by atomic mass is 9.94. The van der Waals surface area contributed by atoms with Crippen LogP contribution in [0.5, 0.6) is 0 Å². The van der Waals surface area contributed by atoms with Crippen LogP contribution in [0.2, 0.25) is 0 Å². The Morgan fingerprint density at radius 2 is 1.85 bits per heavy atom. The maximum atomic E-state index is 13.2. The third-order valence-electron chi connectivity index (χ3n) is 5.13. The molecule has 2 atom stereocenters. The van der Waals surface area contributed by atoms with E-state index in [-0.39, 0.29) is 23.5 Å². The van der Waals surface area contributed by atoms with Crippen molar-refractivity contribution < 1.29 is 14.0 Å². The minimum absolute atomic E-state index is 0.0542. The fourth-order valence-electron chi connectivity index (χ4n) is 3.65. The van der Waals surface area contributed by atoms with Gasteiger partial charge in [-0.1, -0.05) is 49.4 Å². The second-order valence-corrected chi connectivity index (χ2v) is 6.91. The summed E-state index contributed by atoms with van der Waals surface area (Å²) in [6, 6.07) is 15.3. The molecule has 0 saturated carbocycles. The topological polar surface area (TPSA) is 49.4 Å². The Morgan fingerprint density at radius 1 is 1.15 bits per heavy atom. The summed E-state index contributed by atoms with van der Waals surface area (Å²) in [7, 11) is 0. The number of carbonyl (C=O) groups excluding carboxylic acids is 2. The first-order valence-corrected chi connectivity index (χ1v) is 9.47. The van der Waals surface area contributed by atoms with Gasteiger partial charge in [0.05, 0.1) is 5.92 Å². The van der Waals surface area contributed by atoms with Crippen LogP contribution in [0.3, 0.4) is 0 Å². The van der Waals surface area contributed by atoms with E-state index in [0.29, 0.717) is 25.9 Å². The molecular weight excluding hydrogens is 343 g/mol. The molecule has 0 aromatic heterocycles. The van der Waals surface area contributed by atoms with E-state index in [0.717, 1.165) is 17.5 Å². The third kappa shape index (κ3) is 4.54. The van der Waals surface area contributed by atoms with Crippen molar-refractivity contribution in [2.24, 2.45) is 0 Å². The van der Waals surface area contributed by atoms with Gasteiger partial charge in [-0.15, -0.1) is 0 Å². The molecule has 1 aliphatic rings. The molecule has 1 unspecified atom stereocenters. The second kappa shape index (κ2) is 8.80. The molecule has 5 heteroatoms. The van der Waals surface area contributed by atoms with E-state index in [2.05, 4.69) is 5.32 Å². The van der Waals surface area contributed by atoms with Gasteiger partial charge in [-0.3, -0.25) is 9.59 Å². The van der Waals surface area contributed by atoms with Gasteiger partial charge in [0, 0.05) is 13.1 Å². The van der Waals surface area contributed by atoms with Crippen molar-refractivity contribution in [1.82, 2.24) is 10.2 Å². The molecule has 142 valence electrons.